The van der Waals surface area contributed by atoms with Gasteiger partial charge in [0.1, 0.15) is 5.58 Å². The number of rotatable bonds is 7. The molecule has 0 aliphatic carbocycles. The average molecular weight is 582 g/mol. The third-order valence-electron chi connectivity index (χ3n) is 5.67. The van der Waals surface area contributed by atoms with E-state index in [1.165, 1.54) is 33.3 Å². The van der Waals surface area contributed by atoms with Crippen molar-refractivity contribution in [1.82, 2.24) is 0 Å². The van der Waals surface area contributed by atoms with Gasteiger partial charge in [0.25, 0.3) is 5.91 Å². The number of fused-ring (bicyclic) bond motifs is 1. The van der Waals surface area contributed by atoms with Crippen molar-refractivity contribution in [2.75, 3.05) is 19.5 Å². The van der Waals surface area contributed by atoms with Gasteiger partial charge in [-0.25, -0.2) is 0 Å². The van der Waals surface area contributed by atoms with Gasteiger partial charge in [-0.2, -0.15) is 13.2 Å². The highest BCUT2D eigenvalue weighted by Gasteiger charge is 2.31. The summed E-state index contributed by atoms with van der Waals surface area (Å²) in [5.41, 5.74) is -1.33. The Morgan fingerprint density at radius 1 is 0.974 bits per heavy atom. The largest absolute Gasteiger partial charge is 0.493 e. The molecule has 1 atom stereocenters. The number of methoxy groups -OCH3 is 2. The van der Waals surface area contributed by atoms with Crippen LogP contribution in [0.5, 0.6) is 17.2 Å². The summed E-state index contributed by atoms with van der Waals surface area (Å²) in [6.45, 7) is 1.32. The summed E-state index contributed by atoms with van der Waals surface area (Å²) in [6.07, 6.45) is -6.01. The number of nitrogens with one attached hydrogen (secondary N) is 1. The second-order valence-corrected chi connectivity index (χ2v) is 9.09. The van der Waals surface area contributed by atoms with Gasteiger partial charge in [-0.05, 0) is 61.5 Å². The summed E-state index contributed by atoms with van der Waals surface area (Å²) in [5, 5.41) is 2.56. The lowest BCUT2D eigenvalue weighted by molar-refractivity contribution is -0.137. The molecule has 1 unspecified atom stereocenters. The zero-order chi connectivity index (χ0) is 28.5. The monoisotopic (exact) mass is 581 g/mol. The lowest BCUT2D eigenvalue weighted by Crippen LogP contribution is -2.32. The number of hydrogen-bond acceptors (Lipinski definition) is 6. The maximum Gasteiger partial charge on any atom is 0.416 e. The molecule has 1 amide bonds. The fourth-order valence-corrected chi connectivity index (χ4v) is 4.02. The second-order valence-electron chi connectivity index (χ2n) is 8.24. The van der Waals surface area contributed by atoms with Gasteiger partial charge in [0.05, 0.1) is 35.9 Å². The zero-order valence-electron chi connectivity index (χ0n) is 20.6. The first-order valence-electron chi connectivity index (χ1n) is 11.3. The number of hydrogen-bond donors (Lipinski definition) is 1. The first-order chi connectivity index (χ1) is 18.4. The van der Waals surface area contributed by atoms with Crippen LogP contribution < -0.4 is 25.0 Å². The molecule has 12 heteroatoms. The molecule has 4 rings (SSSR count). The van der Waals surface area contributed by atoms with Crippen LogP contribution in [0.15, 0.2) is 63.8 Å². The molecule has 0 radical (unpaired) electrons. The van der Waals surface area contributed by atoms with E-state index in [1.54, 1.807) is 24.3 Å². The van der Waals surface area contributed by atoms with Gasteiger partial charge < -0.3 is 23.9 Å². The van der Waals surface area contributed by atoms with E-state index >= 15 is 0 Å². The van der Waals surface area contributed by atoms with E-state index in [9.17, 15) is 22.8 Å². The Balaban J connectivity index is 1.76. The first kappa shape index (κ1) is 28.1. The van der Waals surface area contributed by atoms with Crippen molar-refractivity contribution >= 4 is 45.8 Å². The third kappa shape index (κ3) is 5.91. The summed E-state index contributed by atoms with van der Waals surface area (Å²) in [6, 6.07) is 11.7. The molecule has 0 aliphatic rings. The van der Waals surface area contributed by atoms with Gasteiger partial charge in [0.15, 0.2) is 23.4 Å². The maximum atomic E-state index is 13.5. The molecule has 204 valence electrons. The summed E-state index contributed by atoms with van der Waals surface area (Å²) in [7, 11) is 2.89. The molecule has 0 bridgehead atoms. The summed E-state index contributed by atoms with van der Waals surface area (Å²) in [5.74, 6) is -0.448. The Hall–Kier alpha value is -3.89. The van der Waals surface area contributed by atoms with Crippen molar-refractivity contribution < 1.29 is 36.6 Å². The number of carbonyl (C=O) groups is 1. The minimum atomic E-state index is -4.65. The number of ether oxygens (including phenoxy) is 3. The van der Waals surface area contributed by atoms with Crippen molar-refractivity contribution in [3.05, 3.63) is 80.4 Å². The van der Waals surface area contributed by atoms with Gasteiger partial charge in [0.2, 0.25) is 11.2 Å². The van der Waals surface area contributed by atoms with Crippen LogP contribution in [0, 0.1) is 0 Å². The van der Waals surface area contributed by atoms with Crippen molar-refractivity contribution in [2.45, 2.75) is 19.2 Å². The Labute approximate surface area is 230 Å². The average Bonchev–Trinajstić information content (AvgIpc) is 2.90. The smallest absolute Gasteiger partial charge is 0.416 e. The van der Waals surface area contributed by atoms with E-state index in [4.69, 9.17) is 41.8 Å². The Kier molecular flexibility index (Phi) is 7.99. The molecule has 0 saturated heterocycles. The molecule has 4 aromatic rings. The minimum absolute atomic E-state index is 0.0208. The predicted molar refractivity (Wildman–Crippen MR) is 141 cm³/mol. The fourth-order valence-electron chi connectivity index (χ4n) is 3.69. The molecule has 39 heavy (non-hydrogen) atoms. The lowest BCUT2D eigenvalue weighted by Gasteiger charge is -2.18. The molecule has 0 saturated carbocycles. The van der Waals surface area contributed by atoms with Crippen molar-refractivity contribution in [3.63, 3.8) is 0 Å². The third-order valence-corrected chi connectivity index (χ3v) is 6.24. The summed E-state index contributed by atoms with van der Waals surface area (Å²) >= 11 is 12.1. The molecule has 0 aliphatic heterocycles. The lowest BCUT2D eigenvalue weighted by atomic mass is 10.1. The van der Waals surface area contributed by atoms with Gasteiger partial charge in [-0.3, -0.25) is 9.59 Å². The van der Waals surface area contributed by atoms with E-state index in [0.717, 1.165) is 12.1 Å². The van der Waals surface area contributed by atoms with Crippen LogP contribution >= 0.6 is 23.2 Å². The van der Waals surface area contributed by atoms with Crippen molar-refractivity contribution in [1.29, 1.82) is 0 Å². The van der Waals surface area contributed by atoms with E-state index in [2.05, 4.69) is 5.32 Å². The Bertz CT molecular complexity index is 1620. The normalized spacial score (nSPS) is 12.2. The predicted octanol–water partition coefficient (Wildman–Crippen LogP) is 7.21. The Morgan fingerprint density at radius 2 is 1.69 bits per heavy atom. The van der Waals surface area contributed by atoms with Crippen molar-refractivity contribution in [3.8, 4) is 28.6 Å². The summed E-state index contributed by atoms with van der Waals surface area (Å²) in [4.78, 5) is 26.4. The van der Waals surface area contributed by atoms with E-state index in [-0.39, 0.29) is 38.2 Å². The maximum absolute atomic E-state index is 13.5. The van der Waals surface area contributed by atoms with E-state index < -0.39 is 29.2 Å². The molecule has 1 aromatic heterocycles. The van der Waals surface area contributed by atoms with Crippen LogP contribution in [0.2, 0.25) is 10.0 Å². The van der Waals surface area contributed by atoms with Crippen LogP contribution in [-0.2, 0) is 11.0 Å². The highest BCUT2D eigenvalue weighted by atomic mass is 35.5. The van der Waals surface area contributed by atoms with Gasteiger partial charge >= 0.3 is 6.18 Å². The number of halogens is 5. The number of carbonyl (C=O) groups excluding carboxylic acids is 1. The first-order valence-corrected chi connectivity index (χ1v) is 12.0. The van der Waals surface area contributed by atoms with Crippen LogP contribution in [0.25, 0.3) is 22.3 Å². The van der Waals surface area contributed by atoms with Crippen LogP contribution in [0.4, 0.5) is 18.9 Å². The topological polar surface area (TPSA) is 87.0 Å². The highest BCUT2D eigenvalue weighted by molar-refractivity contribution is 6.33. The number of benzene rings is 3. The van der Waals surface area contributed by atoms with E-state index in [1.807, 2.05) is 0 Å². The molecule has 7 nitrogen and oxygen atoms in total. The van der Waals surface area contributed by atoms with Gasteiger partial charge in [-0.15, -0.1) is 0 Å². The van der Waals surface area contributed by atoms with Crippen LogP contribution in [-0.4, -0.2) is 26.2 Å². The molecule has 1 N–H and O–H groups in total. The van der Waals surface area contributed by atoms with E-state index in [0.29, 0.717) is 23.1 Å². The second kappa shape index (κ2) is 11.1. The summed E-state index contributed by atoms with van der Waals surface area (Å²) < 4.78 is 61.8. The standard InChI is InChI=1S/C27H20Cl2F3NO6/c1-13(26(35)33-19-11-15(27(30,31)32)5-7-18(19)29)38-25-23(34)17-12-16(28)6-9-20(17)39-24(25)14-4-8-21(36-2)22(10-14)37-3/h4-13H,1-3H3,(H,33,35). The fraction of sp³-hybridized carbons (Fsp3) is 0.185. The number of alkyl halides is 3. The highest BCUT2D eigenvalue weighted by Crippen LogP contribution is 2.38. The number of anilines is 1. The quantitative estimate of drug-likeness (QED) is 0.248. The zero-order valence-corrected chi connectivity index (χ0v) is 22.1. The SMILES string of the molecule is COc1ccc(-c2oc3ccc(Cl)cc3c(=O)c2OC(C)C(=O)Nc2cc(C(F)(F)F)ccc2Cl)cc1OC. The minimum Gasteiger partial charge on any atom is -0.493 e. The molecule has 1 heterocycles. The molecule has 3 aromatic carbocycles. The Morgan fingerprint density at radius 3 is 2.36 bits per heavy atom. The van der Waals surface area contributed by atoms with Crippen LogP contribution in [0.1, 0.15) is 12.5 Å². The van der Waals surface area contributed by atoms with Crippen molar-refractivity contribution in [2.24, 2.45) is 0 Å². The van der Waals surface area contributed by atoms with Gasteiger partial charge in [0, 0.05) is 10.6 Å². The van der Waals surface area contributed by atoms with Crippen LogP contribution in [0.3, 0.4) is 0 Å². The molecule has 0 fully saturated rings. The number of amides is 1. The van der Waals surface area contributed by atoms with Gasteiger partial charge in [-0.1, -0.05) is 23.2 Å². The molecule has 0 spiro atoms. The molecular formula is C27H20Cl2F3NO6. The molecular weight excluding hydrogens is 562 g/mol.